The summed E-state index contributed by atoms with van der Waals surface area (Å²) in [6.45, 7) is 0. The molecule has 1 fully saturated rings. The molecule has 1 heterocycles. The highest BCUT2D eigenvalue weighted by Crippen LogP contribution is 2.28. The SMILES string of the molecule is N/C(=N\c1nc2ccc(F)cc2o1)NC(=O)C1CC1. The Hall–Kier alpha value is -2.44. The number of nitrogens with zero attached hydrogens (tertiary/aromatic N) is 2. The minimum Gasteiger partial charge on any atom is -0.422 e. The fourth-order valence-electron chi connectivity index (χ4n) is 1.64. The first-order valence-electron chi connectivity index (χ1n) is 5.83. The lowest BCUT2D eigenvalue weighted by Gasteiger charge is -2.00. The van der Waals surface area contributed by atoms with Crippen molar-refractivity contribution in [1.29, 1.82) is 0 Å². The van der Waals surface area contributed by atoms with Gasteiger partial charge >= 0.3 is 6.01 Å². The predicted molar refractivity (Wildman–Crippen MR) is 66.1 cm³/mol. The molecule has 0 unspecified atom stereocenters. The molecule has 0 spiro atoms. The Morgan fingerprint density at radius 1 is 1.53 bits per heavy atom. The van der Waals surface area contributed by atoms with Crippen LogP contribution >= 0.6 is 0 Å². The number of amides is 1. The number of carbonyl (C=O) groups is 1. The third kappa shape index (κ3) is 2.54. The fraction of sp³-hybridized carbons (Fsp3) is 0.250. The van der Waals surface area contributed by atoms with Crippen LogP contribution in [0.2, 0.25) is 0 Å². The van der Waals surface area contributed by atoms with Gasteiger partial charge in [0.1, 0.15) is 11.3 Å². The molecule has 1 saturated carbocycles. The van der Waals surface area contributed by atoms with Crippen molar-refractivity contribution < 1.29 is 13.6 Å². The lowest BCUT2D eigenvalue weighted by molar-refractivity contribution is -0.120. The van der Waals surface area contributed by atoms with Crippen molar-refractivity contribution in [2.45, 2.75) is 12.8 Å². The van der Waals surface area contributed by atoms with Gasteiger partial charge in [-0.25, -0.2) is 4.39 Å². The van der Waals surface area contributed by atoms with E-state index in [1.165, 1.54) is 18.2 Å². The molecule has 0 saturated heterocycles. The molecule has 3 N–H and O–H groups in total. The Balaban J connectivity index is 1.81. The van der Waals surface area contributed by atoms with Gasteiger partial charge in [0.15, 0.2) is 5.58 Å². The first-order chi connectivity index (χ1) is 9.11. The van der Waals surface area contributed by atoms with Crippen LogP contribution in [0.3, 0.4) is 0 Å². The number of hydrogen-bond acceptors (Lipinski definition) is 4. The van der Waals surface area contributed by atoms with Crippen molar-refractivity contribution in [3.8, 4) is 0 Å². The van der Waals surface area contributed by atoms with Gasteiger partial charge in [0.25, 0.3) is 0 Å². The van der Waals surface area contributed by atoms with Crippen molar-refractivity contribution in [2.75, 3.05) is 0 Å². The van der Waals surface area contributed by atoms with Gasteiger partial charge in [-0.2, -0.15) is 9.98 Å². The third-order valence-corrected chi connectivity index (χ3v) is 2.75. The molecule has 0 bridgehead atoms. The molecule has 1 amide bonds. The summed E-state index contributed by atoms with van der Waals surface area (Å²) in [6.07, 6.45) is 1.75. The first-order valence-corrected chi connectivity index (χ1v) is 5.83. The summed E-state index contributed by atoms with van der Waals surface area (Å²) in [5, 5.41) is 2.46. The normalized spacial score (nSPS) is 15.7. The topological polar surface area (TPSA) is 93.5 Å². The Bertz CT molecular complexity index is 675. The molecule has 1 aliphatic carbocycles. The number of oxazole rings is 1. The number of carbonyl (C=O) groups excluding carboxylic acids is 1. The number of aromatic nitrogens is 1. The second-order valence-electron chi connectivity index (χ2n) is 4.37. The number of nitrogens with two attached hydrogens (primary N) is 1. The quantitative estimate of drug-likeness (QED) is 0.632. The molecule has 0 aliphatic heterocycles. The molecule has 0 atom stereocenters. The van der Waals surface area contributed by atoms with Crippen LogP contribution in [0, 0.1) is 11.7 Å². The van der Waals surface area contributed by atoms with Crippen molar-refractivity contribution >= 4 is 29.0 Å². The van der Waals surface area contributed by atoms with Crippen molar-refractivity contribution in [1.82, 2.24) is 10.3 Å². The Kier molecular flexibility index (Phi) is 2.66. The van der Waals surface area contributed by atoms with E-state index in [2.05, 4.69) is 15.3 Å². The van der Waals surface area contributed by atoms with Crippen LogP contribution < -0.4 is 11.1 Å². The first kappa shape index (κ1) is 11.6. The zero-order chi connectivity index (χ0) is 13.4. The van der Waals surface area contributed by atoms with E-state index in [9.17, 15) is 9.18 Å². The molecular formula is C12H11FN4O2. The van der Waals surface area contributed by atoms with Crippen LogP contribution in [-0.4, -0.2) is 16.9 Å². The third-order valence-electron chi connectivity index (χ3n) is 2.75. The van der Waals surface area contributed by atoms with E-state index >= 15 is 0 Å². The summed E-state index contributed by atoms with van der Waals surface area (Å²) in [7, 11) is 0. The van der Waals surface area contributed by atoms with E-state index < -0.39 is 5.82 Å². The van der Waals surface area contributed by atoms with Gasteiger partial charge in [0.2, 0.25) is 11.9 Å². The maximum absolute atomic E-state index is 13.0. The fourth-order valence-corrected chi connectivity index (χ4v) is 1.64. The maximum Gasteiger partial charge on any atom is 0.325 e. The van der Waals surface area contributed by atoms with Gasteiger partial charge < -0.3 is 10.2 Å². The number of halogens is 1. The molecule has 98 valence electrons. The average Bonchev–Trinajstić information content (AvgIpc) is 3.11. The molecule has 1 aromatic carbocycles. The van der Waals surface area contributed by atoms with Crippen LogP contribution in [0.4, 0.5) is 10.4 Å². The Morgan fingerprint density at radius 3 is 3.05 bits per heavy atom. The Labute approximate surface area is 107 Å². The van der Waals surface area contributed by atoms with Gasteiger partial charge in [-0.3, -0.25) is 10.1 Å². The van der Waals surface area contributed by atoms with E-state index in [1.54, 1.807) is 0 Å². The molecule has 0 radical (unpaired) electrons. The standard InChI is InChI=1S/C12H11FN4O2/c13-7-3-4-8-9(5-7)19-12(15-8)17-11(14)16-10(18)6-1-2-6/h3-6H,1-2H2,(H3,14,15,16,17,18). The van der Waals surface area contributed by atoms with Gasteiger partial charge in [-0.1, -0.05) is 0 Å². The van der Waals surface area contributed by atoms with E-state index in [1.807, 2.05) is 0 Å². The number of rotatable bonds is 2. The summed E-state index contributed by atoms with van der Waals surface area (Å²) in [5.41, 5.74) is 6.32. The number of fused-ring (bicyclic) bond motifs is 1. The predicted octanol–water partition coefficient (Wildman–Crippen LogP) is 1.44. The lowest BCUT2D eigenvalue weighted by atomic mass is 10.3. The molecule has 3 rings (SSSR count). The van der Waals surface area contributed by atoms with Crippen molar-refractivity contribution in [3.05, 3.63) is 24.0 Å². The van der Waals surface area contributed by atoms with Gasteiger partial charge in [0.05, 0.1) is 0 Å². The number of aliphatic imine (C=N–C) groups is 1. The summed E-state index contributed by atoms with van der Waals surface area (Å²) < 4.78 is 18.2. The molecular weight excluding hydrogens is 251 g/mol. The van der Waals surface area contributed by atoms with Crippen LogP contribution in [0.15, 0.2) is 27.6 Å². The second-order valence-corrected chi connectivity index (χ2v) is 4.37. The minimum absolute atomic E-state index is 0.0193. The van der Waals surface area contributed by atoms with Crippen LogP contribution in [-0.2, 0) is 4.79 Å². The van der Waals surface area contributed by atoms with Crippen molar-refractivity contribution in [2.24, 2.45) is 16.6 Å². The van der Waals surface area contributed by atoms with E-state index in [0.29, 0.717) is 5.52 Å². The minimum atomic E-state index is -0.422. The number of benzene rings is 1. The van der Waals surface area contributed by atoms with Gasteiger partial charge in [-0.15, -0.1) is 0 Å². The van der Waals surface area contributed by atoms with Crippen LogP contribution in [0.25, 0.3) is 11.1 Å². The summed E-state index contributed by atoms with van der Waals surface area (Å²) in [4.78, 5) is 19.3. The maximum atomic E-state index is 13.0. The second kappa shape index (κ2) is 4.34. The van der Waals surface area contributed by atoms with E-state index in [0.717, 1.165) is 12.8 Å². The molecule has 1 aliphatic rings. The highest BCUT2D eigenvalue weighted by atomic mass is 19.1. The molecule has 2 aromatic rings. The summed E-state index contributed by atoms with van der Waals surface area (Å²) >= 11 is 0. The van der Waals surface area contributed by atoms with E-state index in [4.69, 9.17) is 10.2 Å². The number of hydrogen-bond donors (Lipinski definition) is 2. The highest BCUT2D eigenvalue weighted by molar-refractivity contribution is 5.98. The smallest absolute Gasteiger partial charge is 0.325 e. The number of guanidine groups is 1. The summed E-state index contributed by atoms with van der Waals surface area (Å²) in [6, 6.07) is 3.94. The summed E-state index contributed by atoms with van der Waals surface area (Å²) in [5.74, 6) is -0.618. The largest absolute Gasteiger partial charge is 0.422 e. The lowest BCUT2D eigenvalue weighted by Crippen LogP contribution is -2.37. The molecule has 19 heavy (non-hydrogen) atoms. The van der Waals surface area contributed by atoms with Crippen LogP contribution in [0.1, 0.15) is 12.8 Å². The van der Waals surface area contributed by atoms with Gasteiger partial charge in [-0.05, 0) is 25.0 Å². The number of nitrogens with one attached hydrogen (secondary N) is 1. The van der Waals surface area contributed by atoms with E-state index in [-0.39, 0.29) is 29.4 Å². The zero-order valence-electron chi connectivity index (χ0n) is 9.89. The monoisotopic (exact) mass is 262 g/mol. The van der Waals surface area contributed by atoms with Crippen molar-refractivity contribution in [3.63, 3.8) is 0 Å². The van der Waals surface area contributed by atoms with Gasteiger partial charge in [0, 0.05) is 12.0 Å². The average molecular weight is 262 g/mol. The molecule has 6 nitrogen and oxygen atoms in total. The Morgan fingerprint density at radius 2 is 2.32 bits per heavy atom. The highest BCUT2D eigenvalue weighted by Gasteiger charge is 2.29. The molecule has 7 heteroatoms. The van der Waals surface area contributed by atoms with Crippen LogP contribution in [0.5, 0.6) is 0 Å². The molecule has 1 aromatic heterocycles. The zero-order valence-corrected chi connectivity index (χ0v) is 9.89.